The zero-order valence-electron chi connectivity index (χ0n) is 13.6. The first-order valence-corrected chi connectivity index (χ1v) is 9.17. The molecule has 0 saturated heterocycles. The van der Waals surface area contributed by atoms with E-state index in [-0.39, 0.29) is 6.04 Å². The molecular weight excluding hydrogens is 404 g/mol. The van der Waals surface area contributed by atoms with E-state index in [1.165, 1.54) is 0 Å². The SMILES string of the molecule is COc1cccc([C@@H]2C=C(c3ccc(Br)s3)Nc3ncnn32)c1OC. The quantitative estimate of drug-likeness (QED) is 0.688. The number of halogens is 1. The molecule has 1 atom stereocenters. The van der Waals surface area contributed by atoms with E-state index in [2.05, 4.69) is 43.5 Å². The third-order valence-corrected chi connectivity index (χ3v) is 5.66. The standard InChI is InChI=1S/C17H15BrN4O2S/c1-23-13-5-3-4-10(16(13)24-2)12-8-11(14-6-7-15(18)25-14)21-17-19-9-20-22(12)17/h3-9,12H,1-2H3,(H,19,20,21)/t12-/m0/s1. The Morgan fingerprint density at radius 2 is 2.08 bits per heavy atom. The molecule has 128 valence electrons. The molecule has 1 aliphatic heterocycles. The molecule has 3 aromatic rings. The zero-order chi connectivity index (χ0) is 17.4. The van der Waals surface area contributed by atoms with Gasteiger partial charge in [0.15, 0.2) is 11.5 Å². The molecular formula is C17H15BrN4O2S. The van der Waals surface area contributed by atoms with Crippen molar-refractivity contribution in [2.24, 2.45) is 0 Å². The molecule has 0 radical (unpaired) electrons. The highest BCUT2D eigenvalue weighted by Gasteiger charge is 2.27. The van der Waals surface area contributed by atoms with Crippen LogP contribution >= 0.6 is 27.3 Å². The summed E-state index contributed by atoms with van der Waals surface area (Å²) in [5.74, 6) is 2.08. The van der Waals surface area contributed by atoms with Crippen LogP contribution in [0.4, 0.5) is 5.95 Å². The van der Waals surface area contributed by atoms with Gasteiger partial charge in [-0.05, 0) is 40.2 Å². The van der Waals surface area contributed by atoms with Crippen molar-refractivity contribution < 1.29 is 9.47 Å². The molecule has 0 saturated carbocycles. The molecule has 0 fully saturated rings. The van der Waals surface area contributed by atoms with Crippen molar-refractivity contribution >= 4 is 38.9 Å². The van der Waals surface area contributed by atoms with E-state index in [1.54, 1.807) is 31.9 Å². The molecule has 25 heavy (non-hydrogen) atoms. The molecule has 8 heteroatoms. The van der Waals surface area contributed by atoms with E-state index in [0.29, 0.717) is 17.4 Å². The van der Waals surface area contributed by atoms with Gasteiger partial charge >= 0.3 is 0 Å². The highest BCUT2D eigenvalue weighted by molar-refractivity contribution is 9.11. The maximum absolute atomic E-state index is 5.62. The number of benzene rings is 1. The number of hydrogen-bond acceptors (Lipinski definition) is 6. The summed E-state index contributed by atoms with van der Waals surface area (Å²) in [5, 5.41) is 7.72. The molecule has 0 aliphatic carbocycles. The normalized spacial score (nSPS) is 16.0. The van der Waals surface area contributed by atoms with Crippen LogP contribution in [0.15, 0.2) is 46.5 Å². The first-order valence-electron chi connectivity index (χ1n) is 7.56. The van der Waals surface area contributed by atoms with Crippen LogP contribution in [0.1, 0.15) is 16.5 Å². The molecule has 1 aliphatic rings. The van der Waals surface area contributed by atoms with E-state index in [0.717, 1.165) is 19.9 Å². The highest BCUT2D eigenvalue weighted by Crippen LogP contribution is 2.41. The van der Waals surface area contributed by atoms with Crippen LogP contribution in [0.3, 0.4) is 0 Å². The molecule has 0 amide bonds. The number of methoxy groups -OCH3 is 2. The minimum atomic E-state index is -0.153. The number of thiophene rings is 1. The maximum atomic E-state index is 5.62. The Labute approximate surface area is 157 Å². The van der Waals surface area contributed by atoms with Gasteiger partial charge in [-0.1, -0.05) is 12.1 Å². The second-order valence-corrected chi connectivity index (χ2v) is 7.83. The van der Waals surface area contributed by atoms with Gasteiger partial charge in [0.1, 0.15) is 12.4 Å². The minimum absolute atomic E-state index is 0.153. The van der Waals surface area contributed by atoms with E-state index in [1.807, 2.05) is 28.9 Å². The lowest BCUT2D eigenvalue weighted by Gasteiger charge is -2.25. The fraction of sp³-hybridized carbons (Fsp3) is 0.176. The molecule has 0 spiro atoms. The first kappa shape index (κ1) is 16.2. The summed E-state index contributed by atoms with van der Waals surface area (Å²) in [6, 6.07) is 9.79. The molecule has 0 bridgehead atoms. The number of nitrogens with one attached hydrogen (secondary N) is 1. The average molecular weight is 419 g/mol. The van der Waals surface area contributed by atoms with Crippen LogP contribution in [0.5, 0.6) is 11.5 Å². The van der Waals surface area contributed by atoms with Gasteiger partial charge in [-0.25, -0.2) is 4.68 Å². The van der Waals surface area contributed by atoms with Crippen LogP contribution < -0.4 is 14.8 Å². The number of aromatic nitrogens is 3. The topological polar surface area (TPSA) is 61.2 Å². The van der Waals surface area contributed by atoms with Gasteiger partial charge < -0.3 is 14.8 Å². The van der Waals surface area contributed by atoms with Gasteiger partial charge in [-0.15, -0.1) is 11.3 Å². The minimum Gasteiger partial charge on any atom is -0.493 e. The first-order chi connectivity index (χ1) is 12.2. The molecule has 6 nitrogen and oxygen atoms in total. The van der Waals surface area contributed by atoms with E-state index < -0.39 is 0 Å². The molecule has 1 N–H and O–H groups in total. The van der Waals surface area contributed by atoms with Crippen LogP contribution in [-0.4, -0.2) is 29.0 Å². The lowest BCUT2D eigenvalue weighted by atomic mass is 10.0. The molecule has 0 unspecified atom stereocenters. The Morgan fingerprint density at radius 1 is 1.20 bits per heavy atom. The van der Waals surface area contributed by atoms with Crippen LogP contribution in [-0.2, 0) is 0 Å². The Hall–Kier alpha value is -2.32. The summed E-state index contributed by atoms with van der Waals surface area (Å²) in [5.41, 5.74) is 1.95. The molecule has 3 heterocycles. The predicted octanol–water partition coefficient (Wildman–Crippen LogP) is 4.18. The van der Waals surface area contributed by atoms with Crippen LogP contribution in [0.2, 0.25) is 0 Å². The second kappa shape index (κ2) is 6.53. The average Bonchev–Trinajstić information content (AvgIpc) is 3.28. The van der Waals surface area contributed by atoms with Gasteiger partial charge in [0, 0.05) is 5.56 Å². The van der Waals surface area contributed by atoms with Gasteiger partial charge in [0.2, 0.25) is 5.95 Å². The van der Waals surface area contributed by atoms with E-state index >= 15 is 0 Å². The smallest absolute Gasteiger partial charge is 0.226 e. The molecule has 2 aromatic heterocycles. The zero-order valence-corrected chi connectivity index (χ0v) is 16.0. The summed E-state index contributed by atoms with van der Waals surface area (Å²) in [4.78, 5) is 5.45. The Kier molecular flexibility index (Phi) is 4.22. The largest absolute Gasteiger partial charge is 0.493 e. The number of para-hydroxylation sites is 1. The number of anilines is 1. The van der Waals surface area contributed by atoms with Gasteiger partial charge in [-0.2, -0.15) is 10.1 Å². The van der Waals surface area contributed by atoms with Gasteiger partial charge in [0.05, 0.1) is 28.6 Å². The Morgan fingerprint density at radius 3 is 2.80 bits per heavy atom. The van der Waals surface area contributed by atoms with Crippen molar-refractivity contribution in [1.29, 1.82) is 0 Å². The van der Waals surface area contributed by atoms with E-state index in [4.69, 9.17) is 9.47 Å². The van der Waals surface area contributed by atoms with Gasteiger partial charge in [-0.3, -0.25) is 0 Å². The van der Waals surface area contributed by atoms with Crippen LogP contribution in [0.25, 0.3) is 5.70 Å². The summed E-state index contributed by atoms with van der Waals surface area (Å²) < 4.78 is 14.0. The lowest BCUT2D eigenvalue weighted by molar-refractivity contribution is 0.349. The van der Waals surface area contributed by atoms with Crippen molar-refractivity contribution in [3.05, 3.63) is 57.0 Å². The fourth-order valence-electron chi connectivity index (χ4n) is 2.90. The van der Waals surface area contributed by atoms with Crippen LogP contribution in [0, 0.1) is 0 Å². The predicted molar refractivity (Wildman–Crippen MR) is 101 cm³/mol. The monoisotopic (exact) mass is 418 g/mol. The summed E-state index contributed by atoms with van der Waals surface area (Å²) >= 11 is 5.18. The Bertz CT molecular complexity index is 950. The lowest BCUT2D eigenvalue weighted by Crippen LogP contribution is -2.20. The van der Waals surface area contributed by atoms with Crippen molar-refractivity contribution in [3.8, 4) is 11.5 Å². The molecule has 4 rings (SSSR count). The maximum Gasteiger partial charge on any atom is 0.226 e. The number of ether oxygens (including phenoxy) is 2. The summed E-state index contributed by atoms with van der Waals surface area (Å²) in [7, 11) is 3.28. The van der Waals surface area contributed by atoms with E-state index in [9.17, 15) is 0 Å². The third kappa shape index (κ3) is 2.81. The van der Waals surface area contributed by atoms with Crippen molar-refractivity contribution in [2.45, 2.75) is 6.04 Å². The number of nitrogens with zero attached hydrogens (tertiary/aromatic N) is 3. The Balaban J connectivity index is 1.87. The number of hydrogen-bond donors (Lipinski definition) is 1. The fourth-order valence-corrected chi connectivity index (χ4v) is 4.27. The van der Waals surface area contributed by atoms with Crippen molar-refractivity contribution in [1.82, 2.24) is 14.8 Å². The van der Waals surface area contributed by atoms with Crippen molar-refractivity contribution in [3.63, 3.8) is 0 Å². The van der Waals surface area contributed by atoms with Crippen molar-refractivity contribution in [2.75, 3.05) is 19.5 Å². The second-order valence-electron chi connectivity index (χ2n) is 5.36. The van der Waals surface area contributed by atoms with Gasteiger partial charge in [0.25, 0.3) is 0 Å². The number of rotatable bonds is 4. The summed E-state index contributed by atoms with van der Waals surface area (Å²) in [6.07, 6.45) is 3.67. The highest BCUT2D eigenvalue weighted by atomic mass is 79.9. The number of allylic oxidation sites excluding steroid dienone is 1. The molecule has 1 aromatic carbocycles. The number of fused-ring (bicyclic) bond motifs is 1. The summed E-state index contributed by atoms with van der Waals surface area (Å²) in [6.45, 7) is 0. The third-order valence-electron chi connectivity index (χ3n) is 4.00.